The van der Waals surface area contributed by atoms with E-state index in [-0.39, 0.29) is 11.9 Å². The molecule has 1 amide bonds. The second-order valence-corrected chi connectivity index (χ2v) is 7.36. The van der Waals surface area contributed by atoms with Crippen molar-refractivity contribution >= 4 is 33.8 Å². The van der Waals surface area contributed by atoms with Gasteiger partial charge in [0.1, 0.15) is 5.75 Å². The van der Waals surface area contributed by atoms with Crippen molar-refractivity contribution in [3.8, 4) is 5.75 Å². The van der Waals surface area contributed by atoms with Crippen LogP contribution in [0.25, 0.3) is 27.9 Å². The molecule has 0 spiro atoms. The third-order valence-corrected chi connectivity index (χ3v) is 5.11. The van der Waals surface area contributed by atoms with Crippen molar-refractivity contribution in [1.29, 1.82) is 0 Å². The molecule has 0 aliphatic carbocycles. The molecule has 4 aromatic rings. The highest BCUT2D eigenvalue weighted by Crippen LogP contribution is 2.27. The van der Waals surface area contributed by atoms with Gasteiger partial charge in [-0.3, -0.25) is 9.78 Å². The molecule has 0 radical (unpaired) electrons. The van der Waals surface area contributed by atoms with E-state index in [1.165, 1.54) is 6.08 Å². The molecule has 0 fully saturated rings. The summed E-state index contributed by atoms with van der Waals surface area (Å²) in [5.41, 5.74) is 4.89. The Bertz CT molecular complexity index is 1240. The molecule has 1 atom stereocenters. The number of H-pyrrole nitrogens is 1. The minimum absolute atomic E-state index is 0.173. The highest BCUT2D eigenvalue weighted by Gasteiger charge is 2.13. The monoisotopic (exact) mass is 399 g/mol. The maximum atomic E-state index is 12.5. The number of aromatic nitrogens is 2. The van der Waals surface area contributed by atoms with Crippen LogP contribution < -0.4 is 10.1 Å². The van der Waals surface area contributed by atoms with Crippen molar-refractivity contribution in [2.75, 3.05) is 6.61 Å². The largest absolute Gasteiger partial charge is 0.494 e. The molecule has 0 aliphatic rings. The van der Waals surface area contributed by atoms with Gasteiger partial charge >= 0.3 is 0 Å². The molecule has 5 heteroatoms. The Labute approximate surface area is 175 Å². The number of hydrogen-bond donors (Lipinski definition) is 2. The first kappa shape index (κ1) is 19.7. The van der Waals surface area contributed by atoms with E-state index < -0.39 is 0 Å². The first-order chi connectivity index (χ1) is 14.5. The van der Waals surface area contributed by atoms with E-state index in [1.807, 2.05) is 63.2 Å². The zero-order chi connectivity index (χ0) is 21.1. The molecule has 0 saturated heterocycles. The first-order valence-electron chi connectivity index (χ1n) is 10.1. The summed E-state index contributed by atoms with van der Waals surface area (Å²) in [5.74, 6) is 0.624. The lowest BCUT2D eigenvalue weighted by molar-refractivity contribution is -0.117. The average Bonchev–Trinajstić information content (AvgIpc) is 3.11. The summed E-state index contributed by atoms with van der Waals surface area (Å²) in [7, 11) is 0. The third-order valence-electron chi connectivity index (χ3n) is 5.11. The molecule has 2 N–H and O–H groups in total. The summed E-state index contributed by atoms with van der Waals surface area (Å²) in [4.78, 5) is 20.3. The summed E-state index contributed by atoms with van der Waals surface area (Å²) in [6.07, 6.45) is 5.06. The Morgan fingerprint density at radius 2 is 2.00 bits per heavy atom. The number of pyridine rings is 1. The number of carbonyl (C=O) groups excluding carboxylic acids is 1. The predicted molar refractivity (Wildman–Crippen MR) is 122 cm³/mol. The number of amides is 1. The zero-order valence-electron chi connectivity index (χ0n) is 17.4. The molecule has 4 rings (SSSR count). The molecule has 0 aliphatic heterocycles. The summed E-state index contributed by atoms with van der Waals surface area (Å²) in [6.45, 7) is 6.52. The van der Waals surface area contributed by atoms with E-state index in [0.29, 0.717) is 6.61 Å². The number of para-hydroxylation sites is 1. The van der Waals surface area contributed by atoms with Crippen molar-refractivity contribution in [1.82, 2.24) is 15.3 Å². The predicted octanol–water partition coefficient (Wildman–Crippen LogP) is 5.31. The fourth-order valence-electron chi connectivity index (χ4n) is 3.65. The highest BCUT2D eigenvalue weighted by molar-refractivity contribution is 6.07. The van der Waals surface area contributed by atoms with E-state index in [4.69, 9.17) is 4.74 Å². The molecular weight excluding hydrogens is 374 g/mol. The first-order valence-corrected chi connectivity index (χ1v) is 10.1. The molecule has 2 aromatic carbocycles. The summed E-state index contributed by atoms with van der Waals surface area (Å²) < 4.78 is 5.71. The number of carbonyl (C=O) groups is 1. The van der Waals surface area contributed by atoms with Gasteiger partial charge in [-0.1, -0.05) is 35.9 Å². The number of nitrogens with one attached hydrogen (secondary N) is 2. The number of nitrogens with zero attached hydrogens (tertiary/aromatic N) is 1. The molecular formula is C25H25N3O2. The van der Waals surface area contributed by atoms with Crippen molar-refractivity contribution in [3.05, 3.63) is 77.6 Å². The Morgan fingerprint density at radius 3 is 2.83 bits per heavy atom. The maximum Gasteiger partial charge on any atom is 0.244 e. The smallest absolute Gasteiger partial charge is 0.244 e. The molecule has 0 bridgehead atoms. The molecule has 2 aromatic heterocycles. The van der Waals surface area contributed by atoms with E-state index in [9.17, 15) is 4.79 Å². The van der Waals surface area contributed by atoms with Crippen LogP contribution in [0.4, 0.5) is 0 Å². The van der Waals surface area contributed by atoms with E-state index in [1.54, 1.807) is 12.3 Å². The molecule has 1 unspecified atom stereocenters. The quantitative estimate of drug-likeness (QED) is 0.432. The molecule has 2 heterocycles. The van der Waals surface area contributed by atoms with Crippen LogP contribution in [0.1, 0.15) is 36.7 Å². The van der Waals surface area contributed by atoms with Gasteiger partial charge in [-0.05, 0) is 45.0 Å². The number of fused-ring (bicyclic) bond motifs is 3. The van der Waals surface area contributed by atoms with Crippen LogP contribution >= 0.6 is 0 Å². The summed E-state index contributed by atoms with van der Waals surface area (Å²) in [6, 6.07) is 16.0. The number of aromatic amines is 1. The van der Waals surface area contributed by atoms with Gasteiger partial charge in [0.25, 0.3) is 0 Å². The van der Waals surface area contributed by atoms with Gasteiger partial charge in [-0.2, -0.15) is 0 Å². The maximum absolute atomic E-state index is 12.5. The van der Waals surface area contributed by atoms with Gasteiger partial charge in [0.2, 0.25) is 5.91 Å². The Kier molecular flexibility index (Phi) is 5.53. The van der Waals surface area contributed by atoms with Gasteiger partial charge in [0.05, 0.1) is 30.1 Å². The van der Waals surface area contributed by atoms with Gasteiger partial charge in [0.15, 0.2) is 0 Å². The van der Waals surface area contributed by atoms with Crippen molar-refractivity contribution in [3.63, 3.8) is 0 Å². The molecule has 30 heavy (non-hydrogen) atoms. The normalized spacial score (nSPS) is 12.5. The van der Waals surface area contributed by atoms with Crippen molar-refractivity contribution < 1.29 is 9.53 Å². The number of hydrogen-bond acceptors (Lipinski definition) is 3. The van der Waals surface area contributed by atoms with Gasteiger partial charge < -0.3 is 15.0 Å². The zero-order valence-corrected chi connectivity index (χ0v) is 17.4. The standard InChI is InChI=1S/C25H25N3O2/c1-4-30-24-11-9-16(2)13-20(24)17(3)27-25(29)12-10-18-14-21-19-7-5-6-8-22(19)28-23(21)15-26-18/h5-15,17,28H,4H2,1-3H3,(H,27,29)/b12-10+. The Balaban J connectivity index is 1.51. The minimum atomic E-state index is -0.174. The fraction of sp³-hybridized carbons (Fsp3) is 0.200. The number of rotatable bonds is 6. The lowest BCUT2D eigenvalue weighted by Gasteiger charge is -2.18. The van der Waals surface area contributed by atoms with E-state index in [2.05, 4.69) is 21.4 Å². The van der Waals surface area contributed by atoms with Crippen LogP contribution in [-0.2, 0) is 4.79 Å². The molecule has 0 saturated carbocycles. The molecule has 5 nitrogen and oxygen atoms in total. The number of aryl methyl sites for hydroxylation is 1. The van der Waals surface area contributed by atoms with E-state index in [0.717, 1.165) is 44.4 Å². The summed E-state index contributed by atoms with van der Waals surface area (Å²) >= 11 is 0. The van der Waals surface area contributed by atoms with Gasteiger partial charge in [-0.15, -0.1) is 0 Å². The lowest BCUT2D eigenvalue weighted by atomic mass is 10.0. The highest BCUT2D eigenvalue weighted by atomic mass is 16.5. The average molecular weight is 399 g/mol. The van der Waals surface area contributed by atoms with Crippen LogP contribution in [0.15, 0.2) is 60.8 Å². The van der Waals surface area contributed by atoms with Crippen LogP contribution in [0, 0.1) is 6.92 Å². The van der Waals surface area contributed by atoms with Crippen LogP contribution in [0.3, 0.4) is 0 Å². The number of benzene rings is 2. The third kappa shape index (κ3) is 4.06. The van der Waals surface area contributed by atoms with Crippen molar-refractivity contribution in [2.45, 2.75) is 26.8 Å². The lowest BCUT2D eigenvalue weighted by Crippen LogP contribution is -2.25. The van der Waals surface area contributed by atoms with Crippen LogP contribution in [0.5, 0.6) is 5.75 Å². The second-order valence-electron chi connectivity index (χ2n) is 7.36. The van der Waals surface area contributed by atoms with Gasteiger partial charge in [-0.25, -0.2) is 0 Å². The fourth-order valence-corrected chi connectivity index (χ4v) is 3.65. The number of ether oxygens (including phenoxy) is 1. The van der Waals surface area contributed by atoms with Crippen LogP contribution in [0.2, 0.25) is 0 Å². The summed E-state index contributed by atoms with van der Waals surface area (Å²) in [5, 5.41) is 5.25. The van der Waals surface area contributed by atoms with Crippen molar-refractivity contribution in [2.24, 2.45) is 0 Å². The second kappa shape index (κ2) is 8.41. The topological polar surface area (TPSA) is 67.0 Å². The van der Waals surface area contributed by atoms with Gasteiger partial charge in [0, 0.05) is 27.9 Å². The Morgan fingerprint density at radius 1 is 1.17 bits per heavy atom. The Hall–Kier alpha value is -3.60. The minimum Gasteiger partial charge on any atom is -0.494 e. The van der Waals surface area contributed by atoms with Crippen LogP contribution in [-0.4, -0.2) is 22.5 Å². The SMILES string of the molecule is CCOc1ccc(C)cc1C(C)NC(=O)/C=C/c1cc2c(cn1)[nH]c1ccccc12. The molecule has 152 valence electrons. The van der Waals surface area contributed by atoms with E-state index >= 15 is 0 Å².